The fraction of sp³-hybridized carbons (Fsp3) is 0.194. The maximum absolute atomic E-state index is 14.1. The molecule has 10 heteroatoms. The van der Waals surface area contributed by atoms with Crippen LogP contribution in [0.25, 0.3) is 6.08 Å². The first kappa shape index (κ1) is 28.5. The molecule has 0 fully saturated rings. The SMILES string of the molecule is CCC1=C(C(=O)OC)[C@@H](c2ccccc2)n2c(s/c(=C\c3cc(Br)c(OCc4ccccc4F)c(OC)c3)c2=O)=N1. The number of thiazole rings is 1. The second-order valence-corrected chi connectivity index (χ2v) is 11.0. The molecular weight excluding hydrogens is 611 g/mol. The molecule has 1 atom stereocenters. The Balaban J connectivity index is 1.59. The molecule has 0 unspecified atom stereocenters. The van der Waals surface area contributed by atoms with Crippen molar-refractivity contribution in [3.05, 3.63) is 125 Å². The lowest BCUT2D eigenvalue weighted by Crippen LogP contribution is -2.40. The molecular formula is C31H26BrFN2O5S. The summed E-state index contributed by atoms with van der Waals surface area (Å²) in [6, 6.07) is 18.6. The predicted octanol–water partition coefficient (Wildman–Crippen LogP) is 5.29. The van der Waals surface area contributed by atoms with Crippen molar-refractivity contribution in [3.63, 3.8) is 0 Å². The van der Waals surface area contributed by atoms with E-state index in [2.05, 4.69) is 15.9 Å². The average molecular weight is 638 g/mol. The third-order valence-electron chi connectivity index (χ3n) is 6.64. The molecule has 1 aliphatic rings. The highest BCUT2D eigenvalue weighted by molar-refractivity contribution is 9.10. The quantitative estimate of drug-likeness (QED) is 0.246. The van der Waals surface area contributed by atoms with Crippen LogP contribution in [0.3, 0.4) is 0 Å². The van der Waals surface area contributed by atoms with Gasteiger partial charge in [-0.15, -0.1) is 0 Å². The lowest BCUT2D eigenvalue weighted by Gasteiger charge is -2.25. The average Bonchev–Trinajstić information content (AvgIpc) is 3.30. The molecule has 210 valence electrons. The molecule has 7 nitrogen and oxygen atoms in total. The summed E-state index contributed by atoms with van der Waals surface area (Å²) in [5.74, 6) is -0.0507. The smallest absolute Gasteiger partial charge is 0.338 e. The summed E-state index contributed by atoms with van der Waals surface area (Å²) in [6.07, 6.45) is 2.24. The number of nitrogens with zero attached hydrogens (tertiary/aromatic N) is 2. The Morgan fingerprint density at radius 3 is 2.54 bits per heavy atom. The molecule has 1 aromatic heterocycles. The Hall–Kier alpha value is -4.02. The minimum atomic E-state index is -0.674. The number of carbonyl (C=O) groups excluding carboxylic acids is 1. The van der Waals surface area contributed by atoms with Crippen LogP contribution in [0.1, 0.15) is 36.1 Å². The van der Waals surface area contributed by atoms with E-state index in [4.69, 9.17) is 19.2 Å². The summed E-state index contributed by atoms with van der Waals surface area (Å²) in [4.78, 5) is 32.0. The van der Waals surface area contributed by atoms with Crippen LogP contribution in [0.2, 0.25) is 0 Å². The van der Waals surface area contributed by atoms with E-state index in [1.165, 1.54) is 31.6 Å². The third kappa shape index (κ3) is 5.62. The summed E-state index contributed by atoms with van der Waals surface area (Å²) >= 11 is 4.77. The Morgan fingerprint density at radius 2 is 1.85 bits per heavy atom. The number of ether oxygens (including phenoxy) is 3. The summed E-state index contributed by atoms with van der Waals surface area (Å²) < 4.78 is 33.2. The van der Waals surface area contributed by atoms with Gasteiger partial charge in [0.15, 0.2) is 16.3 Å². The number of hydrogen-bond donors (Lipinski definition) is 0. The highest BCUT2D eigenvalue weighted by atomic mass is 79.9. The molecule has 41 heavy (non-hydrogen) atoms. The molecule has 0 radical (unpaired) electrons. The zero-order chi connectivity index (χ0) is 29.1. The first-order valence-electron chi connectivity index (χ1n) is 12.8. The van der Waals surface area contributed by atoms with E-state index in [1.807, 2.05) is 37.3 Å². The van der Waals surface area contributed by atoms with Crippen LogP contribution in [0, 0.1) is 5.82 Å². The molecule has 0 saturated carbocycles. The van der Waals surface area contributed by atoms with Crippen LogP contribution in [-0.4, -0.2) is 24.8 Å². The zero-order valence-corrected chi connectivity index (χ0v) is 24.9. The molecule has 0 aliphatic carbocycles. The lowest BCUT2D eigenvalue weighted by molar-refractivity contribution is -0.136. The van der Waals surface area contributed by atoms with E-state index < -0.39 is 12.0 Å². The van der Waals surface area contributed by atoms with Crippen LogP contribution in [-0.2, 0) is 16.1 Å². The first-order valence-corrected chi connectivity index (χ1v) is 14.4. The number of esters is 1. The summed E-state index contributed by atoms with van der Waals surface area (Å²) in [5, 5.41) is 0. The maximum atomic E-state index is 14.1. The largest absolute Gasteiger partial charge is 0.493 e. The zero-order valence-electron chi connectivity index (χ0n) is 22.5. The highest BCUT2D eigenvalue weighted by Crippen LogP contribution is 2.37. The Bertz CT molecular complexity index is 1830. The van der Waals surface area contributed by atoms with E-state index in [1.54, 1.807) is 41.0 Å². The Kier molecular flexibility index (Phi) is 8.51. The maximum Gasteiger partial charge on any atom is 0.338 e. The van der Waals surface area contributed by atoms with Gasteiger partial charge < -0.3 is 14.2 Å². The van der Waals surface area contributed by atoms with Gasteiger partial charge in [0.05, 0.1) is 40.5 Å². The first-order chi connectivity index (χ1) is 19.9. The number of benzene rings is 3. The Labute approximate surface area is 248 Å². The fourth-order valence-corrected chi connectivity index (χ4v) is 6.29. The summed E-state index contributed by atoms with van der Waals surface area (Å²) in [5.41, 5.74) is 2.52. The molecule has 0 saturated heterocycles. The van der Waals surface area contributed by atoms with Gasteiger partial charge in [0.1, 0.15) is 12.4 Å². The molecule has 4 aromatic rings. The van der Waals surface area contributed by atoms with Crippen molar-refractivity contribution in [1.29, 1.82) is 0 Å². The lowest BCUT2D eigenvalue weighted by atomic mass is 9.95. The van der Waals surface area contributed by atoms with Crippen LogP contribution in [0.15, 0.2) is 92.3 Å². The molecule has 0 bridgehead atoms. The summed E-state index contributed by atoms with van der Waals surface area (Å²) in [6.45, 7) is 1.93. The van der Waals surface area contributed by atoms with Crippen molar-refractivity contribution < 1.29 is 23.4 Å². The van der Waals surface area contributed by atoms with Crippen LogP contribution in [0.4, 0.5) is 4.39 Å². The van der Waals surface area contributed by atoms with Crippen LogP contribution >= 0.6 is 27.3 Å². The van der Waals surface area contributed by atoms with Crippen molar-refractivity contribution in [3.8, 4) is 11.5 Å². The number of halogens is 2. The van der Waals surface area contributed by atoms with Crippen LogP contribution < -0.4 is 24.4 Å². The van der Waals surface area contributed by atoms with E-state index in [0.29, 0.717) is 54.1 Å². The number of hydrogen-bond acceptors (Lipinski definition) is 7. The number of aromatic nitrogens is 1. The standard InChI is InChI=1S/C31H26BrFN2O5S/c1-4-23-26(30(37)39-3)27(19-10-6-5-7-11-19)35-29(36)25(41-31(35)34-23)16-18-14-21(32)28(24(15-18)38-2)40-17-20-12-8-9-13-22(20)33/h5-16,27H,4,17H2,1-3H3/b25-16-/t27-/m1/s1. The number of fused-ring (bicyclic) bond motifs is 1. The van der Waals surface area contributed by atoms with Gasteiger partial charge in [0.25, 0.3) is 5.56 Å². The van der Waals surface area contributed by atoms with E-state index in [9.17, 15) is 14.0 Å². The van der Waals surface area contributed by atoms with Gasteiger partial charge in [-0.2, -0.15) is 0 Å². The van der Waals surface area contributed by atoms with Gasteiger partial charge in [-0.05, 0) is 57.8 Å². The van der Waals surface area contributed by atoms with Crippen molar-refractivity contribution in [1.82, 2.24) is 4.57 Å². The van der Waals surface area contributed by atoms with E-state index in [0.717, 1.165) is 5.56 Å². The van der Waals surface area contributed by atoms with Gasteiger partial charge in [-0.25, -0.2) is 14.2 Å². The van der Waals surface area contributed by atoms with Gasteiger partial charge >= 0.3 is 5.97 Å². The Morgan fingerprint density at radius 1 is 1.12 bits per heavy atom. The number of allylic oxidation sites excluding steroid dienone is 1. The van der Waals surface area contributed by atoms with Crippen molar-refractivity contribution >= 4 is 39.3 Å². The third-order valence-corrected chi connectivity index (χ3v) is 8.22. The van der Waals surface area contributed by atoms with E-state index >= 15 is 0 Å². The molecule has 1 aliphatic heterocycles. The molecule has 5 rings (SSSR count). The second-order valence-electron chi connectivity index (χ2n) is 9.11. The van der Waals surface area contributed by atoms with E-state index in [-0.39, 0.29) is 18.0 Å². The number of rotatable bonds is 8. The fourth-order valence-electron chi connectivity index (χ4n) is 4.69. The molecule has 0 spiro atoms. The van der Waals surface area contributed by atoms with Crippen molar-refractivity contribution in [2.75, 3.05) is 14.2 Å². The topological polar surface area (TPSA) is 79.1 Å². The number of methoxy groups -OCH3 is 2. The van der Waals surface area contributed by atoms with Gasteiger partial charge in [0, 0.05) is 5.56 Å². The molecule has 3 aromatic carbocycles. The minimum absolute atomic E-state index is 0.0152. The van der Waals surface area contributed by atoms with Gasteiger partial charge in [-0.1, -0.05) is 66.8 Å². The highest BCUT2D eigenvalue weighted by Gasteiger charge is 2.33. The summed E-state index contributed by atoms with van der Waals surface area (Å²) in [7, 11) is 2.83. The predicted molar refractivity (Wildman–Crippen MR) is 158 cm³/mol. The second kappa shape index (κ2) is 12.2. The van der Waals surface area contributed by atoms with Gasteiger partial charge in [-0.3, -0.25) is 9.36 Å². The normalized spacial score (nSPS) is 14.9. The molecule has 2 heterocycles. The molecule has 0 amide bonds. The van der Waals surface area contributed by atoms with Crippen molar-refractivity contribution in [2.24, 2.45) is 4.99 Å². The van der Waals surface area contributed by atoms with Crippen molar-refractivity contribution in [2.45, 2.75) is 26.0 Å². The molecule has 0 N–H and O–H groups in total. The monoisotopic (exact) mass is 636 g/mol. The van der Waals surface area contributed by atoms with Gasteiger partial charge in [0.2, 0.25) is 0 Å². The number of carbonyl (C=O) groups is 1. The minimum Gasteiger partial charge on any atom is -0.493 e. The van der Waals surface area contributed by atoms with Crippen LogP contribution in [0.5, 0.6) is 11.5 Å².